The number of pyridine rings is 1. The van der Waals surface area contributed by atoms with Crippen LogP contribution in [0.1, 0.15) is 0 Å². The number of H-pyrrole nitrogens is 1. The number of aromatic nitrogens is 3. The number of fused-ring (bicyclic) bond motifs is 1. The first-order valence-electron chi connectivity index (χ1n) is 7.05. The molecular formula is C15H13ClN4O3S2. The highest BCUT2D eigenvalue weighted by Gasteiger charge is 2.11. The molecule has 25 heavy (non-hydrogen) atoms. The molecular weight excluding hydrogens is 384 g/mol. The van der Waals surface area contributed by atoms with Gasteiger partial charge in [-0.25, -0.2) is 18.4 Å². The van der Waals surface area contributed by atoms with Crippen LogP contribution in [0.4, 0.5) is 5.69 Å². The summed E-state index contributed by atoms with van der Waals surface area (Å²) in [6, 6.07) is 7.81. The van der Waals surface area contributed by atoms with E-state index in [0.717, 1.165) is 6.26 Å². The smallest absolute Gasteiger partial charge is 0.234 e. The fourth-order valence-corrected chi connectivity index (χ4v) is 3.55. The van der Waals surface area contributed by atoms with Gasteiger partial charge in [-0.3, -0.25) is 4.79 Å². The average molecular weight is 397 g/mol. The third kappa shape index (κ3) is 4.50. The Kier molecular flexibility index (Phi) is 4.98. The largest absolute Gasteiger partial charge is 0.331 e. The van der Waals surface area contributed by atoms with E-state index in [1.807, 2.05) is 0 Å². The van der Waals surface area contributed by atoms with E-state index in [1.165, 1.54) is 30.1 Å². The molecule has 0 radical (unpaired) electrons. The highest BCUT2D eigenvalue weighted by Crippen LogP contribution is 2.21. The van der Waals surface area contributed by atoms with Crippen molar-refractivity contribution < 1.29 is 13.2 Å². The molecule has 1 amide bonds. The lowest BCUT2D eigenvalue weighted by Crippen LogP contribution is -2.14. The topological polar surface area (TPSA) is 105 Å². The summed E-state index contributed by atoms with van der Waals surface area (Å²) in [4.78, 5) is 23.6. The minimum absolute atomic E-state index is 0.108. The third-order valence-electron chi connectivity index (χ3n) is 3.17. The van der Waals surface area contributed by atoms with Crippen LogP contribution in [-0.4, -0.2) is 41.3 Å². The maximum atomic E-state index is 12.1. The van der Waals surface area contributed by atoms with E-state index < -0.39 is 9.84 Å². The fourth-order valence-electron chi connectivity index (χ4n) is 2.06. The molecule has 0 aliphatic rings. The number of nitrogens with zero attached hydrogens (tertiary/aromatic N) is 2. The molecule has 130 valence electrons. The van der Waals surface area contributed by atoms with Crippen molar-refractivity contribution in [1.29, 1.82) is 0 Å². The molecule has 0 fully saturated rings. The van der Waals surface area contributed by atoms with Crippen molar-refractivity contribution in [3.05, 3.63) is 41.6 Å². The molecule has 3 rings (SSSR count). The van der Waals surface area contributed by atoms with Gasteiger partial charge in [0.15, 0.2) is 20.6 Å². The van der Waals surface area contributed by atoms with Gasteiger partial charge >= 0.3 is 0 Å². The fraction of sp³-hybridized carbons (Fsp3) is 0.133. The normalized spacial score (nSPS) is 11.6. The number of amides is 1. The van der Waals surface area contributed by atoms with Crippen LogP contribution in [0.5, 0.6) is 0 Å². The van der Waals surface area contributed by atoms with Crippen LogP contribution >= 0.6 is 23.4 Å². The van der Waals surface area contributed by atoms with Gasteiger partial charge in [0.1, 0.15) is 0 Å². The Balaban J connectivity index is 1.64. The van der Waals surface area contributed by atoms with Crippen molar-refractivity contribution in [3.63, 3.8) is 0 Å². The predicted molar refractivity (Wildman–Crippen MR) is 97.8 cm³/mol. The average Bonchev–Trinajstić information content (AvgIpc) is 2.94. The maximum absolute atomic E-state index is 12.1. The van der Waals surface area contributed by atoms with Crippen molar-refractivity contribution in [1.82, 2.24) is 15.0 Å². The first kappa shape index (κ1) is 17.7. The number of imidazole rings is 1. The second-order valence-corrected chi connectivity index (χ2v) is 8.62. The minimum Gasteiger partial charge on any atom is -0.331 e. The molecule has 0 unspecified atom stereocenters. The van der Waals surface area contributed by atoms with Crippen LogP contribution in [0.3, 0.4) is 0 Å². The molecule has 0 atom stereocenters. The second-order valence-electron chi connectivity index (χ2n) is 5.20. The third-order valence-corrected chi connectivity index (χ3v) is 5.36. The zero-order chi connectivity index (χ0) is 18.0. The number of halogens is 1. The second kappa shape index (κ2) is 7.03. The summed E-state index contributed by atoms with van der Waals surface area (Å²) in [6.07, 6.45) is 2.62. The van der Waals surface area contributed by atoms with Crippen molar-refractivity contribution >= 4 is 56.0 Å². The van der Waals surface area contributed by atoms with E-state index in [1.54, 1.807) is 18.2 Å². The molecule has 0 saturated heterocycles. The number of hydrogen-bond acceptors (Lipinski definition) is 6. The first-order chi connectivity index (χ1) is 11.8. The van der Waals surface area contributed by atoms with Gasteiger partial charge in [0, 0.05) is 18.1 Å². The molecule has 0 aliphatic heterocycles. The predicted octanol–water partition coefficient (Wildman–Crippen LogP) is 2.75. The van der Waals surface area contributed by atoms with E-state index in [9.17, 15) is 13.2 Å². The molecule has 0 saturated carbocycles. The van der Waals surface area contributed by atoms with Gasteiger partial charge in [-0.1, -0.05) is 29.4 Å². The van der Waals surface area contributed by atoms with E-state index >= 15 is 0 Å². The summed E-state index contributed by atoms with van der Waals surface area (Å²) in [7, 11) is -3.32. The lowest BCUT2D eigenvalue weighted by molar-refractivity contribution is -0.113. The molecule has 1 aromatic carbocycles. The van der Waals surface area contributed by atoms with E-state index in [-0.39, 0.29) is 16.6 Å². The number of sulfone groups is 1. The number of carbonyl (C=O) groups excluding carboxylic acids is 1. The number of nitrogens with one attached hydrogen (secondary N) is 2. The van der Waals surface area contributed by atoms with Gasteiger partial charge < -0.3 is 10.3 Å². The Hall–Kier alpha value is -2.10. The summed E-state index contributed by atoms with van der Waals surface area (Å²) in [6.45, 7) is 0. The summed E-state index contributed by atoms with van der Waals surface area (Å²) >= 11 is 7.08. The quantitative estimate of drug-likeness (QED) is 0.642. The van der Waals surface area contributed by atoms with E-state index in [0.29, 0.717) is 27.0 Å². The summed E-state index contributed by atoms with van der Waals surface area (Å²) in [5, 5.41) is 3.71. The van der Waals surface area contributed by atoms with Crippen LogP contribution in [0, 0.1) is 0 Å². The van der Waals surface area contributed by atoms with Crippen LogP contribution in [0.2, 0.25) is 5.02 Å². The number of thioether (sulfide) groups is 1. The van der Waals surface area contributed by atoms with Gasteiger partial charge in [-0.05, 0) is 24.3 Å². The zero-order valence-corrected chi connectivity index (χ0v) is 15.4. The Bertz CT molecular complexity index is 1050. The monoisotopic (exact) mass is 396 g/mol. The van der Waals surface area contributed by atoms with Crippen LogP contribution in [0.25, 0.3) is 11.2 Å². The zero-order valence-electron chi connectivity index (χ0n) is 13.0. The number of rotatable bonds is 5. The summed E-state index contributed by atoms with van der Waals surface area (Å²) in [5.74, 6) is -0.168. The van der Waals surface area contributed by atoms with E-state index in [2.05, 4.69) is 20.3 Å². The van der Waals surface area contributed by atoms with Crippen LogP contribution in [-0.2, 0) is 14.6 Å². The molecule has 2 heterocycles. The lowest BCUT2D eigenvalue weighted by Gasteiger charge is -2.06. The van der Waals surface area contributed by atoms with Crippen molar-refractivity contribution in [2.45, 2.75) is 10.1 Å². The Morgan fingerprint density at radius 1 is 1.36 bits per heavy atom. The van der Waals surface area contributed by atoms with Crippen molar-refractivity contribution in [2.24, 2.45) is 0 Å². The molecule has 2 N–H and O–H groups in total. The summed E-state index contributed by atoms with van der Waals surface area (Å²) in [5.41, 5.74) is 1.64. The number of hydrogen-bond donors (Lipinski definition) is 2. The molecule has 3 aromatic rings. The number of carbonyl (C=O) groups is 1. The van der Waals surface area contributed by atoms with Crippen molar-refractivity contribution in [2.75, 3.05) is 17.3 Å². The van der Waals surface area contributed by atoms with Gasteiger partial charge in [0.25, 0.3) is 0 Å². The van der Waals surface area contributed by atoms with Crippen LogP contribution in [0.15, 0.2) is 46.6 Å². The number of benzene rings is 1. The number of anilines is 1. The highest BCUT2D eigenvalue weighted by atomic mass is 35.5. The molecule has 7 nitrogen and oxygen atoms in total. The Morgan fingerprint density at radius 3 is 2.92 bits per heavy atom. The van der Waals surface area contributed by atoms with Gasteiger partial charge in [0.2, 0.25) is 5.91 Å². The summed E-state index contributed by atoms with van der Waals surface area (Å²) < 4.78 is 23.1. The molecule has 10 heteroatoms. The van der Waals surface area contributed by atoms with Gasteiger partial charge in [0.05, 0.1) is 21.2 Å². The Labute approximate surface area is 153 Å². The Morgan fingerprint density at radius 2 is 2.16 bits per heavy atom. The minimum atomic E-state index is -3.32. The van der Waals surface area contributed by atoms with Crippen molar-refractivity contribution in [3.8, 4) is 0 Å². The molecule has 0 aliphatic carbocycles. The molecule has 0 spiro atoms. The molecule has 0 bridgehead atoms. The van der Waals surface area contributed by atoms with E-state index in [4.69, 9.17) is 11.6 Å². The highest BCUT2D eigenvalue weighted by molar-refractivity contribution is 7.99. The lowest BCUT2D eigenvalue weighted by atomic mass is 10.3. The van der Waals surface area contributed by atoms with Gasteiger partial charge in [-0.2, -0.15) is 0 Å². The standard InChI is InChI=1S/C15H13ClN4O3S2/c1-25(22,23)11-4-2-3-10(6-11)18-13(21)8-24-15-19-12-5-9(16)7-17-14(12)20-15/h2-7H,8H2,1H3,(H,18,21)(H,17,19,20). The number of aromatic amines is 1. The SMILES string of the molecule is CS(=O)(=O)c1cccc(NC(=O)CSc2nc3ncc(Cl)cc3[nH]2)c1. The van der Waals surface area contributed by atoms with Gasteiger partial charge in [-0.15, -0.1) is 0 Å². The maximum Gasteiger partial charge on any atom is 0.234 e. The first-order valence-corrected chi connectivity index (χ1v) is 10.3. The molecule has 2 aromatic heterocycles. The van der Waals surface area contributed by atoms with Crippen LogP contribution < -0.4 is 5.32 Å².